The Morgan fingerprint density at radius 2 is 2.07 bits per heavy atom. The number of hydrogen-bond donors (Lipinski definition) is 2. The predicted molar refractivity (Wildman–Crippen MR) is 56.4 cm³/mol. The van der Waals surface area contributed by atoms with Gasteiger partial charge in [-0.3, -0.25) is 0 Å². The number of nitrogens with one attached hydrogen (secondary N) is 1. The molecule has 0 aromatic carbocycles. The van der Waals surface area contributed by atoms with Gasteiger partial charge in [-0.15, -0.1) is 4.33 Å². The van der Waals surface area contributed by atoms with Crippen molar-refractivity contribution in [3.8, 4) is 0 Å². The van der Waals surface area contributed by atoms with Gasteiger partial charge in [-0.2, -0.15) is 0 Å². The fourth-order valence-electron chi connectivity index (χ4n) is 1.69. The van der Waals surface area contributed by atoms with Gasteiger partial charge in [0.05, 0.1) is 11.5 Å². The van der Waals surface area contributed by atoms with Gasteiger partial charge < -0.3 is 0 Å². The maximum atomic E-state index is 11.1. The van der Waals surface area contributed by atoms with Crippen LogP contribution in [0.25, 0.3) is 0 Å². The first-order chi connectivity index (χ1) is 7.03. The van der Waals surface area contributed by atoms with Crippen LogP contribution in [0.1, 0.15) is 25.7 Å². The van der Waals surface area contributed by atoms with Crippen LogP contribution in [0.2, 0.25) is 0 Å². The molecule has 0 radical (unpaired) electrons. The van der Waals surface area contributed by atoms with Gasteiger partial charge in [0.15, 0.2) is 0 Å². The van der Waals surface area contributed by atoms with Crippen LogP contribution in [0, 0.1) is 0 Å². The molecule has 0 aliphatic heterocycles. The predicted octanol–water partition coefficient (Wildman–Crippen LogP) is 0.916. The van der Waals surface area contributed by atoms with E-state index in [-0.39, 0.29) is 11.3 Å². The minimum absolute atomic E-state index is 0.0272. The van der Waals surface area contributed by atoms with Crippen LogP contribution in [0.3, 0.4) is 0 Å². The molecule has 2 unspecified atom stereocenters. The van der Waals surface area contributed by atoms with Crippen LogP contribution in [0.15, 0.2) is 0 Å². The Morgan fingerprint density at radius 3 is 2.67 bits per heavy atom. The number of sulfonamides is 1. The molecule has 6 nitrogen and oxygen atoms in total. The lowest BCUT2D eigenvalue weighted by atomic mass is 9.96. The third-order valence-corrected chi connectivity index (χ3v) is 3.94. The third-order valence-electron chi connectivity index (χ3n) is 2.26. The van der Waals surface area contributed by atoms with Crippen LogP contribution in [-0.4, -0.2) is 31.2 Å². The molecule has 0 aromatic rings. The van der Waals surface area contributed by atoms with Gasteiger partial charge >= 0.3 is 0 Å². The SMILES string of the molecule is CS(=O)(=O)NC1CCCCC1SOOO. The monoisotopic (exact) mass is 257 g/mol. The highest BCUT2D eigenvalue weighted by atomic mass is 32.2. The van der Waals surface area contributed by atoms with Crippen LogP contribution in [0.4, 0.5) is 0 Å². The molecule has 1 rings (SSSR count). The van der Waals surface area contributed by atoms with E-state index in [1.807, 2.05) is 0 Å². The molecular weight excluding hydrogens is 242 g/mol. The first kappa shape index (κ1) is 13.2. The first-order valence-corrected chi connectivity index (χ1v) is 7.33. The van der Waals surface area contributed by atoms with E-state index in [1.165, 1.54) is 0 Å². The molecule has 0 spiro atoms. The number of hydrogen-bond acceptors (Lipinski definition) is 6. The molecule has 0 bridgehead atoms. The molecule has 2 N–H and O–H groups in total. The molecule has 90 valence electrons. The summed E-state index contributed by atoms with van der Waals surface area (Å²) < 4.78 is 29.1. The van der Waals surface area contributed by atoms with Gasteiger partial charge in [-0.25, -0.2) is 18.4 Å². The standard InChI is InChI=1S/C7H15NO5S2/c1-15(10,11)8-6-4-2-3-5-7(6)14-13-12-9/h6-9H,2-5H2,1H3. The van der Waals surface area contributed by atoms with E-state index in [0.717, 1.165) is 44.0 Å². The van der Waals surface area contributed by atoms with Crippen LogP contribution < -0.4 is 4.72 Å². The minimum Gasteiger partial charge on any atom is -0.220 e. The van der Waals surface area contributed by atoms with Gasteiger partial charge in [-0.1, -0.05) is 17.9 Å². The van der Waals surface area contributed by atoms with E-state index in [0.29, 0.717) is 0 Å². The first-order valence-electron chi connectivity index (χ1n) is 4.64. The highest BCUT2D eigenvalue weighted by molar-refractivity contribution is 7.95. The molecule has 1 fully saturated rings. The molecule has 2 atom stereocenters. The second-order valence-corrected chi connectivity index (χ2v) is 6.27. The molecule has 15 heavy (non-hydrogen) atoms. The van der Waals surface area contributed by atoms with Crippen molar-refractivity contribution in [2.45, 2.75) is 37.0 Å². The Kier molecular flexibility index (Phi) is 5.30. The molecule has 1 aliphatic carbocycles. The topological polar surface area (TPSA) is 84.9 Å². The molecule has 0 saturated heterocycles. The van der Waals surface area contributed by atoms with Gasteiger partial charge in [0.2, 0.25) is 10.0 Å². The minimum atomic E-state index is -3.20. The van der Waals surface area contributed by atoms with Crippen molar-refractivity contribution in [2.24, 2.45) is 0 Å². The molecule has 0 aromatic heterocycles. The van der Waals surface area contributed by atoms with Crippen molar-refractivity contribution in [3.63, 3.8) is 0 Å². The summed E-state index contributed by atoms with van der Waals surface area (Å²) in [5, 5.41) is 11.5. The second kappa shape index (κ2) is 6.02. The molecule has 1 saturated carbocycles. The summed E-state index contributed by atoms with van der Waals surface area (Å²) in [5.74, 6) is 0. The summed E-state index contributed by atoms with van der Waals surface area (Å²) in [7, 11) is -3.20. The lowest BCUT2D eigenvalue weighted by molar-refractivity contribution is -0.432. The highest BCUT2D eigenvalue weighted by Crippen LogP contribution is 2.29. The van der Waals surface area contributed by atoms with Crippen molar-refractivity contribution in [2.75, 3.05) is 6.26 Å². The average Bonchev–Trinajstić information content (AvgIpc) is 2.14. The van der Waals surface area contributed by atoms with E-state index >= 15 is 0 Å². The summed E-state index contributed by atoms with van der Waals surface area (Å²) in [6, 6.07) is -0.158. The van der Waals surface area contributed by atoms with Gasteiger partial charge in [0.25, 0.3) is 0 Å². The largest absolute Gasteiger partial charge is 0.220 e. The van der Waals surface area contributed by atoms with E-state index < -0.39 is 10.0 Å². The molecular formula is C7H15NO5S2. The summed E-state index contributed by atoms with van der Waals surface area (Å²) in [4.78, 5) is 0. The zero-order valence-electron chi connectivity index (χ0n) is 8.38. The fourth-order valence-corrected chi connectivity index (χ4v) is 3.35. The average molecular weight is 257 g/mol. The van der Waals surface area contributed by atoms with E-state index in [1.54, 1.807) is 0 Å². The normalized spacial score (nSPS) is 27.9. The zero-order valence-corrected chi connectivity index (χ0v) is 10.0. The Morgan fingerprint density at radius 1 is 1.40 bits per heavy atom. The summed E-state index contributed by atoms with van der Waals surface area (Å²) in [5.41, 5.74) is 0. The maximum absolute atomic E-state index is 11.1. The van der Waals surface area contributed by atoms with Gasteiger partial charge in [-0.05, 0) is 12.8 Å². The maximum Gasteiger partial charge on any atom is 0.208 e. The second-order valence-electron chi connectivity index (χ2n) is 3.56. The quantitative estimate of drug-likeness (QED) is 0.433. The highest BCUT2D eigenvalue weighted by Gasteiger charge is 2.28. The van der Waals surface area contributed by atoms with E-state index in [4.69, 9.17) is 5.26 Å². The Hall–Kier alpha value is 0.140. The third kappa shape index (κ3) is 5.14. The van der Waals surface area contributed by atoms with Crippen molar-refractivity contribution in [1.82, 2.24) is 4.72 Å². The van der Waals surface area contributed by atoms with Crippen LogP contribution in [-0.2, 0) is 19.4 Å². The lowest BCUT2D eigenvalue weighted by Crippen LogP contribution is -2.43. The summed E-state index contributed by atoms with van der Waals surface area (Å²) >= 11 is 0.947. The smallest absolute Gasteiger partial charge is 0.208 e. The van der Waals surface area contributed by atoms with Crippen LogP contribution >= 0.6 is 12.0 Å². The Balaban J connectivity index is 2.49. The van der Waals surface area contributed by atoms with Gasteiger partial charge in [0.1, 0.15) is 0 Å². The number of rotatable bonds is 5. The Labute approximate surface area is 93.4 Å². The summed E-state index contributed by atoms with van der Waals surface area (Å²) in [6.45, 7) is 0. The van der Waals surface area contributed by atoms with Crippen molar-refractivity contribution in [1.29, 1.82) is 0 Å². The van der Waals surface area contributed by atoms with Gasteiger partial charge in [0, 0.05) is 18.1 Å². The van der Waals surface area contributed by atoms with Crippen molar-refractivity contribution < 1.29 is 23.0 Å². The van der Waals surface area contributed by atoms with Crippen molar-refractivity contribution >= 4 is 22.1 Å². The molecule has 8 heteroatoms. The molecule has 1 aliphatic rings. The fraction of sp³-hybridized carbons (Fsp3) is 1.00. The van der Waals surface area contributed by atoms with E-state index in [2.05, 4.69) is 14.1 Å². The van der Waals surface area contributed by atoms with Crippen LogP contribution in [0.5, 0.6) is 0 Å². The lowest BCUT2D eigenvalue weighted by Gasteiger charge is -2.29. The zero-order chi connectivity index (χ0) is 11.3. The Bertz CT molecular complexity index is 281. The molecule has 0 amide bonds. The van der Waals surface area contributed by atoms with Crippen molar-refractivity contribution in [3.05, 3.63) is 0 Å². The molecule has 0 heterocycles. The summed E-state index contributed by atoms with van der Waals surface area (Å²) in [6.07, 6.45) is 4.76. The van der Waals surface area contributed by atoms with E-state index in [9.17, 15) is 8.42 Å².